The van der Waals surface area contributed by atoms with E-state index in [1.54, 1.807) is 14.2 Å². The van der Waals surface area contributed by atoms with Crippen molar-refractivity contribution >= 4 is 17.1 Å². The van der Waals surface area contributed by atoms with Crippen LogP contribution < -0.4 is 0 Å². The molecule has 0 bridgehead atoms. The van der Waals surface area contributed by atoms with E-state index in [1.807, 2.05) is 26.2 Å². The summed E-state index contributed by atoms with van der Waals surface area (Å²) in [6, 6.07) is 0. The largest absolute Gasteiger partial charge is 0.392 e. The van der Waals surface area contributed by atoms with Crippen molar-refractivity contribution in [1.82, 2.24) is 0 Å². The van der Waals surface area contributed by atoms with Crippen LogP contribution in [0.3, 0.4) is 0 Å². The lowest BCUT2D eigenvalue weighted by Crippen LogP contribution is -2.38. The van der Waals surface area contributed by atoms with Crippen molar-refractivity contribution in [2.45, 2.75) is 26.2 Å². The molecule has 0 atom stereocenters. The van der Waals surface area contributed by atoms with E-state index in [9.17, 15) is 0 Å². The number of ether oxygens (including phenoxy) is 5. The molecule has 0 aromatic rings. The van der Waals surface area contributed by atoms with Crippen LogP contribution in [-0.4, -0.2) is 111 Å². The summed E-state index contributed by atoms with van der Waals surface area (Å²) in [4.78, 5) is 0. The third kappa shape index (κ3) is 21.1. The van der Waals surface area contributed by atoms with Gasteiger partial charge >= 0.3 is 17.1 Å². The molecule has 0 heterocycles. The summed E-state index contributed by atoms with van der Waals surface area (Å²) < 4.78 is 49.4. The predicted octanol–water partition coefficient (Wildman–Crippen LogP) is 1.80. The normalized spacial score (nSPS) is 12.6. The van der Waals surface area contributed by atoms with Crippen molar-refractivity contribution in [3.8, 4) is 0 Å². The highest BCUT2D eigenvalue weighted by Gasteiger charge is 2.25. The molecule has 0 saturated heterocycles. The van der Waals surface area contributed by atoms with Crippen LogP contribution in [0, 0.1) is 0 Å². The first-order valence-electron chi connectivity index (χ1n) is 10.1. The van der Waals surface area contributed by atoms with Crippen molar-refractivity contribution in [3.05, 3.63) is 0 Å². The smallest absolute Gasteiger partial charge is 0.331 e. The van der Waals surface area contributed by atoms with Gasteiger partial charge in [0.25, 0.3) is 0 Å². The van der Waals surface area contributed by atoms with E-state index in [0.29, 0.717) is 79.3 Å². The molecule has 0 aliphatic heterocycles. The van der Waals surface area contributed by atoms with E-state index in [4.69, 9.17) is 41.4 Å². The molecular weight excluding hydrogens is 416 g/mol. The summed E-state index contributed by atoms with van der Waals surface area (Å²) in [5.74, 6) is 0. The van der Waals surface area contributed by atoms with E-state index in [-0.39, 0.29) is 0 Å². The lowest BCUT2D eigenvalue weighted by molar-refractivity contribution is 0.0315. The topological polar surface area (TPSA) is 83.1 Å². The Morgan fingerprint density at radius 1 is 0.379 bits per heavy atom. The third-order valence-corrected chi connectivity index (χ3v) is 7.17. The average Bonchev–Trinajstić information content (AvgIpc) is 2.66. The standard InChI is InChI=1S/C18H42O9Si2/c1-19-7-9-21-11-15-24-28(3,4)26-17-13-23-14-18-27-29(5,6)25-16-12-22-10-8-20-2/h7-18H2,1-6H3. The molecule has 0 aliphatic rings. The molecule has 0 aromatic heterocycles. The van der Waals surface area contributed by atoms with Gasteiger partial charge in [0.05, 0.1) is 79.3 Å². The monoisotopic (exact) mass is 458 g/mol. The van der Waals surface area contributed by atoms with Gasteiger partial charge in [-0.1, -0.05) is 0 Å². The molecule has 0 N–H and O–H groups in total. The average molecular weight is 459 g/mol. The third-order valence-electron chi connectivity index (χ3n) is 3.57. The summed E-state index contributed by atoms with van der Waals surface area (Å²) in [6.07, 6.45) is 0. The molecular formula is C18H42O9Si2. The van der Waals surface area contributed by atoms with Crippen LogP contribution in [0.25, 0.3) is 0 Å². The van der Waals surface area contributed by atoms with Gasteiger partial charge in [-0.25, -0.2) is 0 Å². The Morgan fingerprint density at radius 3 is 0.862 bits per heavy atom. The Hall–Kier alpha value is 0.0738. The second kappa shape index (κ2) is 18.8. The Balaban J connectivity index is 3.55. The lowest BCUT2D eigenvalue weighted by atomic mass is 10.7. The molecule has 0 aliphatic carbocycles. The van der Waals surface area contributed by atoms with Crippen molar-refractivity contribution in [1.29, 1.82) is 0 Å². The molecule has 0 fully saturated rings. The molecule has 0 radical (unpaired) electrons. The van der Waals surface area contributed by atoms with Crippen LogP contribution in [-0.2, 0) is 41.4 Å². The first-order valence-corrected chi connectivity index (χ1v) is 15.7. The second-order valence-electron chi connectivity index (χ2n) is 7.02. The van der Waals surface area contributed by atoms with Gasteiger partial charge in [0.15, 0.2) is 0 Å². The van der Waals surface area contributed by atoms with Gasteiger partial charge in [-0.2, -0.15) is 0 Å². The maximum atomic E-state index is 5.83. The molecule has 0 unspecified atom stereocenters. The summed E-state index contributed by atoms with van der Waals surface area (Å²) in [5, 5.41) is 0. The predicted molar refractivity (Wildman–Crippen MR) is 115 cm³/mol. The van der Waals surface area contributed by atoms with Gasteiger partial charge in [0.1, 0.15) is 0 Å². The van der Waals surface area contributed by atoms with E-state index in [2.05, 4.69) is 0 Å². The fraction of sp³-hybridized carbons (Fsp3) is 1.00. The van der Waals surface area contributed by atoms with Crippen LogP contribution in [0.4, 0.5) is 0 Å². The second-order valence-corrected chi connectivity index (χ2v) is 13.8. The van der Waals surface area contributed by atoms with Gasteiger partial charge in [0, 0.05) is 14.2 Å². The maximum Gasteiger partial charge on any atom is 0.331 e. The van der Waals surface area contributed by atoms with Crippen molar-refractivity contribution in [3.63, 3.8) is 0 Å². The van der Waals surface area contributed by atoms with Crippen LogP contribution in [0.1, 0.15) is 0 Å². The van der Waals surface area contributed by atoms with E-state index < -0.39 is 17.1 Å². The molecule has 0 saturated carbocycles. The highest BCUT2D eigenvalue weighted by Crippen LogP contribution is 2.07. The summed E-state index contributed by atoms with van der Waals surface area (Å²) in [5.41, 5.74) is 0. The van der Waals surface area contributed by atoms with Gasteiger partial charge in [-0.05, 0) is 26.2 Å². The minimum Gasteiger partial charge on any atom is -0.392 e. The summed E-state index contributed by atoms with van der Waals surface area (Å²) >= 11 is 0. The SMILES string of the molecule is COCCOCCO[Si](C)(C)OCCOCCO[Si](C)(C)OCCOCCOC. The minimum atomic E-state index is -2.15. The first kappa shape index (κ1) is 29.1. The molecule has 0 rings (SSSR count). The summed E-state index contributed by atoms with van der Waals surface area (Å²) in [7, 11) is -1.01. The van der Waals surface area contributed by atoms with Gasteiger partial charge in [-0.15, -0.1) is 0 Å². The molecule has 11 heteroatoms. The molecule has 9 nitrogen and oxygen atoms in total. The quantitative estimate of drug-likeness (QED) is 0.178. The van der Waals surface area contributed by atoms with Crippen LogP contribution >= 0.6 is 0 Å². The van der Waals surface area contributed by atoms with Gasteiger partial charge in [0.2, 0.25) is 0 Å². The first-order chi connectivity index (χ1) is 13.8. The Labute approximate surface area is 178 Å². The van der Waals surface area contributed by atoms with Crippen LogP contribution in [0.15, 0.2) is 0 Å². The van der Waals surface area contributed by atoms with E-state index >= 15 is 0 Å². The molecule has 29 heavy (non-hydrogen) atoms. The van der Waals surface area contributed by atoms with Crippen LogP contribution in [0.5, 0.6) is 0 Å². The molecule has 0 amide bonds. The Kier molecular flexibility index (Phi) is 18.9. The number of rotatable bonds is 22. The van der Waals surface area contributed by atoms with Crippen LogP contribution in [0.2, 0.25) is 26.2 Å². The molecule has 0 aromatic carbocycles. The zero-order valence-electron chi connectivity index (χ0n) is 19.2. The highest BCUT2D eigenvalue weighted by atomic mass is 28.4. The van der Waals surface area contributed by atoms with Gasteiger partial charge in [-0.3, -0.25) is 0 Å². The van der Waals surface area contributed by atoms with Crippen molar-refractivity contribution in [2.75, 3.05) is 93.5 Å². The Bertz CT molecular complexity index is 328. The number of hydrogen-bond donors (Lipinski definition) is 0. The Morgan fingerprint density at radius 2 is 0.621 bits per heavy atom. The van der Waals surface area contributed by atoms with Crippen molar-refractivity contribution < 1.29 is 41.4 Å². The van der Waals surface area contributed by atoms with E-state index in [1.165, 1.54) is 0 Å². The van der Waals surface area contributed by atoms with E-state index in [0.717, 1.165) is 0 Å². The zero-order valence-corrected chi connectivity index (χ0v) is 21.2. The highest BCUT2D eigenvalue weighted by molar-refractivity contribution is 6.64. The van der Waals surface area contributed by atoms with Crippen molar-refractivity contribution in [2.24, 2.45) is 0 Å². The number of methoxy groups -OCH3 is 2. The zero-order chi connectivity index (χ0) is 21.8. The molecule has 176 valence electrons. The summed E-state index contributed by atoms with van der Waals surface area (Å²) in [6.45, 7) is 14.5. The number of hydrogen-bond acceptors (Lipinski definition) is 9. The maximum absolute atomic E-state index is 5.83. The lowest BCUT2D eigenvalue weighted by Gasteiger charge is -2.24. The fourth-order valence-corrected chi connectivity index (χ4v) is 4.53. The molecule has 0 spiro atoms. The fourth-order valence-electron chi connectivity index (χ4n) is 2.06. The van der Waals surface area contributed by atoms with Gasteiger partial charge < -0.3 is 41.4 Å². The minimum absolute atomic E-state index is 0.500.